The molecule has 0 fully saturated rings. The lowest BCUT2D eigenvalue weighted by Gasteiger charge is -2.28. The Morgan fingerprint density at radius 2 is 2.00 bits per heavy atom. The summed E-state index contributed by atoms with van der Waals surface area (Å²) in [6.45, 7) is 1.35. The molecule has 0 saturated carbocycles. The Morgan fingerprint density at radius 3 is 2.67 bits per heavy atom. The average Bonchev–Trinajstić information content (AvgIpc) is 2.42. The number of nitrogens with zero attached hydrogens (tertiary/aromatic N) is 1. The monoisotopic (exact) mass is 247 g/mol. The van der Waals surface area contributed by atoms with Crippen molar-refractivity contribution in [3.05, 3.63) is 30.5 Å². The van der Waals surface area contributed by atoms with Crippen molar-refractivity contribution in [1.82, 2.24) is 4.98 Å². The number of benzene rings is 1. The highest BCUT2D eigenvalue weighted by Gasteiger charge is 2.23. The van der Waals surface area contributed by atoms with Crippen molar-refractivity contribution < 1.29 is 10.2 Å². The Kier molecular flexibility index (Phi) is 3.36. The maximum atomic E-state index is 9.28. The van der Waals surface area contributed by atoms with Gasteiger partial charge in [0.05, 0.1) is 35.6 Å². The second-order valence-electron chi connectivity index (χ2n) is 4.60. The smallest absolute Gasteiger partial charge is 0.0807 e. The van der Waals surface area contributed by atoms with Crippen molar-refractivity contribution in [2.45, 2.75) is 12.5 Å². The predicted octanol–water partition coefficient (Wildman–Crippen LogP) is 0.972. The van der Waals surface area contributed by atoms with Crippen molar-refractivity contribution in [3.8, 4) is 0 Å². The standard InChI is InChI=1S/C13H17N3O2/c1-13(7-17,8-18)16-11-5-4-10-9(12(11)14)3-2-6-15-10/h2-6,16-18H,7-8,14H2,1H3. The lowest BCUT2D eigenvalue weighted by Crippen LogP contribution is -2.42. The number of nitrogens with two attached hydrogens (primary N) is 1. The van der Waals surface area contributed by atoms with E-state index in [1.807, 2.05) is 18.2 Å². The second kappa shape index (κ2) is 4.80. The molecule has 5 N–H and O–H groups in total. The summed E-state index contributed by atoms with van der Waals surface area (Å²) in [5, 5.41) is 22.5. The minimum absolute atomic E-state index is 0.186. The number of rotatable bonds is 4. The Morgan fingerprint density at radius 1 is 1.28 bits per heavy atom. The first-order valence-electron chi connectivity index (χ1n) is 5.73. The van der Waals surface area contributed by atoms with Crippen LogP contribution in [0, 0.1) is 0 Å². The number of hydrogen-bond donors (Lipinski definition) is 4. The number of aliphatic hydroxyl groups excluding tert-OH is 2. The van der Waals surface area contributed by atoms with E-state index < -0.39 is 5.54 Å². The summed E-state index contributed by atoms with van der Waals surface area (Å²) < 4.78 is 0. The number of hydrogen-bond acceptors (Lipinski definition) is 5. The number of aliphatic hydroxyl groups is 2. The molecule has 0 aliphatic carbocycles. The molecule has 0 aliphatic rings. The Labute approximate surface area is 105 Å². The third-order valence-corrected chi connectivity index (χ3v) is 2.96. The van der Waals surface area contributed by atoms with Gasteiger partial charge in [-0.15, -0.1) is 0 Å². The van der Waals surface area contributed by atoms with Gasteiger partial charge in [-0.2, -0.15) is 0 Å². The molecule has 1 aromatic heterocycles. The molecule has 0 bridgehead atoms. The predicted molar refractivity (Wildman–Crippen MR) is 72.4 cm³/mol. The molecule has 0 spiro atoms. The maximum absolute atomic E-state index is 9.28. The first-order valence-corrected chi connectivity index (χ1v) is 5.73. The van der Waals surface area contributed by atoms with Gasteiger partial charge in [-0.05, 0) is 31.2 Å². The van der Waals surface area contributed by atoms with Gasteiger partial charge >= 0.3 is 0 Å². The number of aromatic nitrogens is 1. The molecular weight excluding hydrogens is 230 g/mol. The molecule has 1 heterocycles. The number of fused-ring (bicyclic) bond motifs is 1. The lowest BCUT2D eigenvalue weighted by molar-refractivity contribution is 0.147. The molecule has 5 nitrogen and oxygen atoms in total. The van der Waals surface area contributed by atoms with Crippen molar-refractivity contribution in [2.24, 2.45) is 0 Å². The van der Waals surface area contributed by atoms with Gasteiger partial charge in [0.15, 0.2) is 0 Å². The molecule has 0 amide bonds. The van der Waals surface area contributed by atoms with Gasteiger partial charge in [0.25, 0.3) is 0 Å². The minimum Gasteiger partial charge on any atom is -0.397 e. The van der Waals surface area contributed by atoms with Crippen LogP contribution in [-0.4, -0.2) is 33.9 Å². The molecule has 18 heavy (non-hydrogen) atoms. The van der Waals surface area contributed by atoms with E-state index in [9.17, 15) is 10.2 Å². The summed E-state index contributed by atoms with van der Waals surface area (Å²) in [5.74, 6) is 0. The third kappa shape index (κ3) is 2.23. The van der Waals surface area contributed by atoms with E-state index in [0.717, 1.165) is 10.9 Å². The molecule has 0 saturated heterocycles. The van der Waals surface area contributed by atoms with E-state index in [4.69, 9.17) is 5.73 Å². The first-order chi connectivity index (χ1) is 8.59. The average molecular weight is 247 g/mol. The fourth-order valence-electron chi connectivity index (χ4n) is 1.74. The third-order valence-electron chi connectivity index (χ3n) is 2.96. The highest BCUT2D eigenvalue weighted by atomic mass is 16.3. The Bertz CT molecular complexity index is 553. The van der Waals surface area contributed by atoms with Crippen LogP contribution in [0.1, 0.15) is 6.92 Å². The lowest BCUT2D eigenvalue weighted by atomic mass is 10.0. The molecule has 0 atom stereocenters. The van der Waals surface area contributed by atoms with Gasteiger partial charge in [-0.25, -0.2) is 0 Å². The van der Waals surface area contributed by atoms with E-state index in [1.54, 1.807) is 19.2 Å². The van der Waals surface area contributed by atoms with Crippen LogP contribution in [0.25, 0.3) is 10.9 Å². The molecule has 2 aromatic rings. The second-order valence-corrected chi connectivity index (χ2v) is 4.60. The minimum atomic E-state index is -0.802. The quantitative estimate of drug-likeness (QED) is 0.604. The van der Waals surface area contributed by atoms with Crippen molar-refractivity contribution in [2.75, 3.05) is 24.3 Å². The van der Waals surface area contributed by atoms with Gasteiger partial charge < -0.3 is 21.3 Å². The van der Waals surface area contributed by atoms with Crippen molar-refractivity contribution in [1.29, 1.82) is 0 Å². The highest BCUT2D eigenvalue weighted by Crippen LogP contribution is 2.29. The summed E-state index contributed by atoms with van der Waals surface area (Å²) in [5.41, 5.74) is 7.33. The van der Waals surface area contributed by atoms with Gasteiger partial charge in [0.2, 0.25) is 0 Å². The molecule has 0 radical (unpaired) electrons. The fourth-order valence-corrected chi connectivity index (χ4v) is 1.74. The topological polar surface area (TPSA) is 91.4 Å². The van der Waals surface area contributed by atoms with Gasteiger partial charge in [0.1, 0.15) is 0 Å². The van der Waals surface area contributed by atoms with Crippen LogP contribution in [0.4, 0.5) is 11.4 Å². The van der Waals surface area contributed by atoms with Crippen molar-refractivity contribution >= 4 is 22.3 Å². The van der Waals surface area contributed by atoms with Crippen LogP contribution < -0.4 is 11.1 Å². The molecule has 96 valence electrons. The van der Waals surface area contributed by atoms with Crippen LogP contribution in [0.5, 0.6) is 0 Å². The van der Waals surface area contributed by atoms with Crippen LogP contribution in [0.2, 0.25) is 0 Å². The van der Waals surface area contributed by atoms with Gasteiger partial charge in [0, 0.05) is 11.6 Å². The first kappa shape index (κ1) is 12.6. The summed E-state index contributed by atoms with van der Waals surface area (Å²) in [6, 6.07) is 7.36. The van der Waals surface area contributed by atoms with Crippen LogP contribution in [0.15, 0.2) is 30.5 Å². The number of nitrogen functional groups attached to an aromatic ring is 1. The Balaban J connectivity index is 2.43. The van der Waals surface area contributed by atoms with Gasteiger partial charge in [-0.3, -0.25) is 4.98 Å². The van der Waals surface area contributed by atoms with Crippen LogP contribution >= 0.6 is 0 Å². The van der Waals surface area contributed by atoms with Crippen LogP contribution in [0.3, 0.4) is 0 Å². The molecule has 0 aliphatic heterocycles. The molecule has 2 rings (SSSR count). The van der Waals surface area contributed by atoms with Crippen LogP contribution in [-0.2, 0) is 0 Å². The zero-order valence-electron chi connectivity index (χ0n) is 10.2. The van der Waals surface area contributed by atoms with Crippen molar-refractivity contribution in [3.63, 3.8) is 0 Å². The summed E-state index contributed by atoms with van der Waals surface area (Å²) >= 11 is 0. The maximum Gasteiger partial charge on any atom is 0.0807 e. The highest BCUT2D eigenvalue weighted by molar-refractivity contribution is 5.96. The normalized spacial score (nSPS) is 11.7. The largest absolute Gasteiger partial charge is 0.397 e. The zero-order chi connectivity index (χ0) is 13.2. The molecule has 1 aromatic carbocycles. The number of pyridine rings is 1. The number of anilines is 2. The molecular formula is C13H17N3O2. The SMILES string of the molecule is CC(CO)(CO)Nc1ccc2ncccc2c1N. The zero-order valence-corrected chi connectivity index (χ0v) is 10.2. The summed E-state index contributed by atoms with van der Waals surface area (Å²) in [6.07, 6.45) is 1.71. The van der Waals surface area contributed by atoms with E-state index in [2.05, 4.69) is 10.3 Å². The van der Waals surface area contributed by atoms with E-state index >= 15 is 0 Å². The molecule has 0 unspecified atom stereocenters. The summed E-state index contributed by atoms with van der Waals surface area (Å²) in [4.78, 5) is 4.21. The summed E-state index contributed by atoms with van der Waals surface area (Å²) in [7, 11) is 0. The van der Waals surface area contributed by atoms with E-state index in [1.165, 1.54) is 0 Å². The fraction of sp³-hybridized carbons (Fsp3) is 0.308. The Hall–Kier alpha value is -1.85. The van der Waals surface area contributed by atoms with E-state index in [0.29, 0.717) is 11.4 Å². The van der Waals surface area contributed by atoms with E-state index in [-0.39, 0.29) is 13.2 Å². The van der Waals surface area contributed by atoms with Gasteiger partial charge in [-0.1, -0.05) is 0 Å². The molecule has 5 heteroatoms. The number of nitrogens with one attached hydrogen (secondary N) is 1.